The fourth-order valence-electron chi connectivity index (χ4n) is 2.13. The molecule has 0 radical (unpaired) electrons. The van der Waals surface area contributed by atoms with Gasteiger partial charge in [0.2, 0.25) is 0 Å². The number of anilines is 1. The average molecular weight is 280 g/mol. The van der Waals surface area contributed by atoms with Gasteiger partial charge in [-0.1, -0.05) is 27.2 Å². The summed E-state index contributed by atoms with van der Waals surface area (Å²) >= 11 is 0. The highest BCUT2D eigenvalue weighted by Gasteiger charge is 2.13. The second-order valence-electron chi connectivity index (χ2n) is 5.44. The first-order chi connectivity index (χ1) is 9.46. The number of carbonyl (C=O) groups is 1. The van der Waals surface area contributed by atoms with Crippen LogP contribution in [0.25, 0.3) is 0 Å². The molecule has 0 amide bonds. The minimum atomic E-state index is -0.961. The van der Waals surface area contributed by atoms with E-state index in [9.17, 15) is 9.90 Å². The summed E-state index contributed by atoms with van der Waals surface area (Å²) in [4.78, 5) is 15.6. The van der Waals surface area contributed by atoms with Crippen LogP contribution in [0.4, 0.5) is 5.82 Å². The molecule has 0 saturated carbocycles. The zero-order chi connectivity index (χ0) is 15.1. The number of aliphatic hydroxyl groups is 1. The molecular formula is C15H24N2O3. The summed E-state index contributed by atoms with van der Waals surface area (Å²) in [6.45, 7) is 6.18. The Labute approximate surface area is 120 Å². The quantitative estimate of drug-likeness (QED) is 0.681. The third-order valence-corrected chi connectivity index (χ3v) is 2.96. The summed E-state index contributed by atoms with van der Waals surface area (Å²) in [7, 11) is 0. The fraction of sp³-hybridized carbons (Fsp3) is 0.600. The SMILES string of the molecule is CCCc1cc(C(=O)O)cc(NC(CO)CC(C)C)n1. The van der Waals surface area contributed by atoms with Gasteiger partial charge in [-0.15, -0.1) is 0 Å². The van der Waals surface area contributed by atoms with Crippen molar-refractivity contribution in [3.8, 4) is 0 Å². The Hall–Kier alpha value is -1.62. The molecule has 1 aromatic rings. The molecular weight excluding hydrogens is 256 g/mol. The van der Waals surface area contributed by atoms with Crippen LogP contribution in [0.2, 0.25) is 0 Å². The van der Waals surface area contributed by atoms with Crippen molar-refractivity contribution in [1.82, 2.24) is 4.98 Å². The number of aromatic nitrogens is 1. The number of aromatic carboxylic acids is 1. The average Bonchev–Trinajstić information content (AvgIpc) is 2.37. The van der Waals surface area contributed by atoms with E-state index in [4.69, 9.17) is 5.11 Å². The predicted molar refractivity (Wildman–Crippen MR) is 79.1 cm³/mol. The molecule has 0 spiro atoms. The van der Waals surface area contributed by atoms with Crippen LogP contribution in [0.3, 0.4) is 0 Å². The first kappa shape index (κ1) is 16.4. The summed E-state index contributed by atoms with van der Waals surface area (Å²) < 4.78 is 0. The van der Waals surface area contributed by atoms with Gasteiger partial charge < -0.3 is 15.5 Å². The minimum Gasteiger partial charge on any atom is -0.478 e. The van der Waals surface area contributed by atoms with E-state index in [0.29, 0.717) is 11.7 Å². The van der Waals surface area contributed by atoms with E-state index in [1.165, 1.54) is 6.07 Å². The maximum Gasteiger partial charge on any atom is 0.335 e. The Morgan fingerprint density at radius 2 is 2.10 bits per heavy atom. The number of hydrogen-bond acceptors (Lipinski definition) is 4. The lowest BCUT2D eigenvalue weighted by atomic mass is 10.0. The molecule has 1 unspecified atom stereocenters. The van der Waals surface area contributed by atoms with Crippen molar-refractivity contribution < 1.29 is 15.0 Å². The van der Waals surface area contributed by atoms with E-state index in [2.05, 4.69) is 24.1 Å². The smallest absolute Gasteiger partial charge is 0.335 e. The predicted octanol–water partition coefficient (Wildman–Crippen LogP) is 2.55. The Bertz CT molecular complexity index is 447. The zero-order valence-electron chi connectivity index (χ0n) is 12.4. The fourth-order valence-corrected chi connectivity index (χ4v) is 2.13. The van der Waals surface area contributed by atoms with Crippen molar-refractivity contribution in [3.63, 3.8) is 0 Å². The number of nitrogens with zero attached hydrogens (tertiary/aromatic N) is 1. The Morgan fingerprint density at radius 3 is 2.60 bits per heavy atom. The highest BCUT2D eigenvalue weighted by molar-refractivity contribution is 5.88. The number of pyridine rings is 1. The molecule has 0 aliphatic carbocycles. The van der Waals surface area contributed by atoms with E-state index in [-0.39, 0.29) is 18.2 Å². The van der Waals surface area contributed by atoms with Crippen LogP contribution in [0, 0.1) is 5.92 Å². The number of aliphatic hydroxyl groups excluding tert-OH is 1. The maximum atomic E-state index is 11.1. The summed E-state index contributed by atoms with van der Waals surface area (Å²) in [5.74, 6) is 0.00248. The van der Waals surface area contributed by atoms with Gasteiger partial charge in [0.05, 0.1) is 18.2 Å². The number of carboxylic acid groups (broad SMARTS) is 1. The number of rotatable bonds is 8. The van der Waals surface area contributed by atoms with Crippen LogP contribution in [-0.2, 0) is 6.42 Å². The highest BCUT2D eigenvalue weighted by Crippen LogP contribution is 2.15. The molecule has 0 bridgehead atoms. The van der Waals surface area contributed by atoms with Gasteiger partial charge >= 0.3 is 5.97 Å². The highest BCUT2D eigenvalue weighted by atomic mass is 16.4. The van der Waals surface area contributed by atoms with Gasteiger partial charge in [-0.3, -0.25) is 0 Å². The molecule has 0 fully saturated rings. The molecule has 0 aliphatic rings. The first-order valence-corrected chi connectivity index (χ1v) is 7.07. The minimum absolute atomic E-state index is 0.000268. The monoisotopic (exact) mass is 280 g/mol. The number of nitrogens with one attached hydrogen (secondary N) is 1. The largest absolute Gasteiger partial charge is 0.478 e. The normalized spacial score (nSPS) is 12.4. The molecule has 1 heterocycles. The van der Waals surface area contributed by atoms with Crippen LogP contribution in [0.15, 0.2) is 12.1 Å². The standard InChI is InChI=1S/C15H24N2O3/c1-4-5-12-7-11(15(19)20)8-14(16-12)17-13(9-18)6-10(2)3/h7-8,10,13,18H,4-6,9H2,1-3H3,(H,16,17)(H,19,20). The lowest BCUT2D eigenvalue weighted by molar-refractivity contribution is 0.0696. The molecule has 5 heteroatoms. The van der Waals surface area contributed by atoms with Crippen molar-refractivity contribution in [2.24, 2.45) is 5.92 Å². The van der Waals surface area contributed by atoms with E-state index < -0.39 is 5.97 Å². The van der Waals surface area contributed by atoms with Gasteiger partial charge in [0.25, 0.3) is 0 Å². The summed E-state index contributed by atoms with van der Waals surface area (Å²) in [6.07, 6.45) is 2.45. The van der Waals surface area contributed by atoms with Crippen molar-refractivity contribution in [2.75, 3.05) is 11.9 Å². The van der Waals surface area contributed by atoms with Crippen LogP contribution >= 0.6 is 0 Å². The molecule has 5 nitrogen and oxygen atoms in total. The van der Waals surface area contributed by atoms with E-state index in [1.807, 2.05) is 6.92 Å². The molecule has 112 valence electrons. The van der Waals surface area contributed by atoms with Gasteiger partial charge in [-0.05, 0) is 30.9 Å². The molecule has 3 N–H and O–H groups in total. The van der Waals surface area contributed by atoms with Gasteiger partial charge in [-0.2, -0.15) is 0 Å². The Morgan fingerprint density at radius 1 is 1.40 bits per heavy atom. The molecule has 0 aromatic carbocycles. The zero-order valence-corrected chi connectivity index (χ0v) is 12.4. The van der Waals surface area contributed by atoms with Crippen molar-refractivity contribution in [1.29, 1.82) is 0 Å². The third-order valence-electron chi connectivity index (χ3n) is 2.96. The van der Waals surface area contributed by atoms with Gasteiger partial charge in [0.1, 0.15) is 5.82 Å². The molecule has 1 atom stereocenters. The topological polar surface area (TPSA) is 82.5 Å². The lowest BCUT2D eigenvalue weighted by Gasteiger charge is -2.19. The number of aryl methyl sites for hydroxylation is 1. The summed E-state index contributed by atoms with van der Waals surface area (Å²) in [5, 5.41) is 21.6. The third kappa shape index (κ3) is 5.17. The van der Waals surface area contributed by atoms with Crippen molar-refractivity contribution in [2.45, 2.75) is 46.1 Å². The summed E-state index contributed by atoms with van der Waals surface area (Å²) in [6, 6.07) is 3.01. The van der Waals surface area contributed by atoms with Crippen LogP contribution in [0.5, 0.6) is 0 Å². The van der Waals surface area contributed by atoms with Crippen molar-refractivity contribution >= 4 is 11.8 Å². The van der Waals surface area contributed by atoms with E-state index in [1.54, 1.807) is 6.07 Å². The van der Waals surface area contributed by atoms with Crippen LogP contribution in [0.1, 0.15) is 49.7 Å². The van der Waals surface area contributed by atoms with Gasteiger partial charge in [-0.25, -0.2) is 9.78 Å². The van der Waals surface area contributed by atoms with Gasteiger partial charge in [0.15, 0.2) is 0 Å². The maximum absolute atomic E-state index is 11.1. The van der Waals surface area contributed by atoms with Crippen LogP contribution in [-0.4, -0.2) is 33.8 Å². The molecule has 0 saturated heterocycles. The molecule has 20 heavy (non-hydrogen) atoms. The van der Waals surface area contributed by atoms with Gasteiger partial charge in [0, 0.05) is 5.69 Å². The number of carboxylic acids is 1. The Balaban J connectivity index is 2.94. The van der Waals surface area contributed by atoms with Crippen LogP contribution < -0.4 is 5.32 Å². The van der Waals surface area contributed by atoms with Crippen molar-refractivity contribution in [3.05, 3.63) is 23.4 Å². The molecule has 1 aromatic heterocycles. The molecule has 1 rings (SSSR count). The first-order valence-electron chi connectivity index (χ1n) is 7.07. The Kier molecular flexibility index (Phi) is 6.45. The van der Waals surface area contributed by atoms with E-state index >= 15 is 0 Å². The lowest BCUT2D eigenvalue weighted by Crippen LogP contribution is -2.26. The molecule has 0 aliphatic heterocycles. The van der Waals surface area contributed by atoms with E-state index in [0.717, 1.165) is 25.0 Å². The summed E-state index contributed by atoms with van der Waals surface area (Å²) in [5.41, 5.74) is 0.989. The second kappa shape index (κ2) is 7.85. The second-order valence-corrected chi connectivity index (χ2v) is 5.44. The number of hydrogen-bond donors (Lipinski definition) is 3.